The van der Waals surface area contributed by atoms with E-state index in [1.165, 1.54) is 4.90 Å². The monoisotopic (exact) mass is 583 g/mol. The lowest BCUT2D eigenvalue weighted by molar-refractivity contribution is -0.143. The van der Waals surface area contributed by atoms with Gasteiger partial charge in [-0.15, -0.1) is 0 Å². The maximum atomic E-state index is 14.4. The number of hydrogen-bond donors (Lipinski definition) is 2. The van der Waals surface area contributed by atoms with Crippen molar-refractivity contribution in [1.82, 2.24) is 19.7 Å². The molecule has 1 aromatic heterocycles. The zero-order valence-corrected chi connectivity index (χ0v) is 22.6. The van der Waals surface area contributed by atoms with E-state index in [4.69, 9.17) is 5.73 Å². The number of carbonyl (C=O) groups is 2. The van der Waals surface area contributed by atoms with Gasteiger partial charge in [0.15, 0.2) is 5.78 Å². The standard InChI is InChI=1S/C28H31F6N5O2/c1-37(2)7-8-38-9-10-39(16-24(35)40)26(17-38,14-19-15-36-23-6-4-3-5-22(19)23)25(41)18-11-20(27(29,30)31)13-21(12-18)28(32,33)34/h3-6,11-13,15,36H,7-10,14,16-17H2,1-2H3,(H2,35,40). The van der Waals surface area contributed by atoms with Gasteiger partial charge in [-0.3, -0.25) is 19.4 Å². The summed E-state index contributed by atoms with van der Waals surface area (Å²) in [5.74, 6) is -1.72. The minimum Gasteiger partial charge on any atom is -0.369 e. The molecule has 41 heavy (non-hydrogen) atoms. The van der Waals surface area contributed by atoms with Gasteiger partial charge in [0.1, 0.15) is 5.54 Å². The highest BCUT2D eigenvalue weighted by Crippen LogP contribution is 2.39. The Morgan fingerprint density at radius 3 is 2.22 bits per heavy atom. The molecule has 1 unspecified atom stereocenters. The van der Waals surface area contributed by atoms with Crippen molar-refractivity contribution in [1.29, 1.82) is 0 Å². The van der Waals surface area contributed by atoms with E-state index < -0.39 is 52.8 Å². The summed E-state index contributed by atoms with van der Waals surface area (Å²) in [6.07, 6.45) is -8.68. The molecule has 0 spiro atoms. The summed E-state index contributed by atoms with van der Waals surface area (Å²) >= 11 is 0. The molecule has 0 radical (unpaired) electrons. The number of H-pyrrole nitrogens is 1. The highest BCUT2D eigenvalue weighted by Gasteiger charge is 2.49. The fraction of sp³-hybridized carbons (Fsp3) is 0.429. The number of rotatable bonds is 9. The maximum absolute atomic E-state index is 14.4. The molecular formula is C28H31F6N5O2. The number of fused-ring (bicyclic) bond motifs is 1. The zero-order valence-electron chi connectivity index (χ0n) is 22.6. The Morgan fingerprint density at radius 2 is 1.63 bits per heavy atom. The van der Waals surface area contributed by atoms with Crippen LogP contribution < -0.4 is 5.73 Å². The van der Waals surface area contributed by atoms with Gasteiger partial charge < -0.3 is 15.6 Å². The minimum absolute atomic E-state index is 0.00540. The summed E-state index contributed by atoms with van der Waals surface area (Å²) in [4.78, 5) is 35.0. The summed E-state index contributed by atoms with van der Waals surface area (Å²) in [5.41, 5.74) is 1.29. The number of amides is 1. The van der Waals surface area contributed by atoms with Crippen LogP contribution in [0, 0.1) is 0 Å². The largest absolute Gasteiger partial charge is 0.416 e. The smallest absolute Gasteiger partial charge is 0.369 e. The molecule has 1 amide bonds. The van der Waals surface area contributed by atoms with E-state index >= 15 is 0 Å². The predicted octanol–water partition coefficient (Wildman–Crippen LogP) is 4.03. The fourth-order valence-corrected chi connectivity index (χ4v) is 5.39. The van der Waals surface area contributed by atoms with Crippen LogP contribution in [0.4, 0.5) is 26.3 Å². The van der Waals surface area contributed by atoms with Crippen LogP contribution in [0.3, 0.4) is 0 Å². The SMILES string of the molecule is CN(C)CCN1CCN(CC(N)=O)C(Cc2c[nH]c3ccccc23)(C(=O)c2cc(C(F)(F)F)cc(C(F)(F)F)c2)C1. The molecule has 13 heteroatoms. The van der Waals surface area contributed by atoms with Crippen LogP contribution >= 0.6 is 0 Å². The van der Waals surface area contributed by atoms with E-state index in [1.54, 1.807) is 30.5 Å². The van der Waals surface area contributed by atoms with Crippen molar-refractivity contribution in [3.63, 3.8) is 0 Å². The number of halogens is 6. The van der Waals surface area contributed by atoms with Crippen LogP contribution in [0.2, 0.25) is 0 Å². The number of nitrogens with two attached hydrogens (primary N) is 1. The number of piperazine rings is 1. The van der Waals surface area contributed by atoms with Gasteiger partial charge in [0.25, 0.3) is 0 Å². The van der Waals surface area contributed by atoms with Gasteiger partial charge in [-0.25, -0.2) is 0 Å². The predicted molar refractivity (Wildman–Crippen MR) is 141 cm³/mol. The van der Waals surface area contributed by atoms with Crippen LogP contribution in [0.15, 0.2) is 48.7 Å². The van der Waals surface area contributed by atoms with Crippen molar-refractivity contribution in [3.8, 4) is 0 Å². The number of hydrogen-bond acceptors (Lipinski definition) is 5. The Labute approximate surface area is 232 Å². The van der Waals surface area contributed by atoms with Crippen LogP contribution in [0.25, 0.3) is 10.9 Å². The van der Waals surface area contributed by atoms with E-state index in [-0.39, 0.29) is 25.6 Å². The average molecular weight is 584 g/mol. The normalized spacial score (nSPS) is 19.2. The first kappa shape index (κ1) is 30.5. The van der Waals surface area contributed by atoms with Gasteiger partial charge in [-0.05, 0) is 43.9 Å². The summed E-state index contributed by atoms with van der Waals surface area (Å²) in [6, 6.07) is 8.09. The third kappa shape index (κ3) is 6.74. The van der Waals surface area contributed by atoms with Crippen molar-refractivity contribution in [3.05, 3.63) is 70.9 Å². The fourth-order valence-electron chi connectivity index (χ4n) is 5.39. The second-order valence-corrected chi connectivity index (χ2v) is 10.7. The van der Waals surface area contributed by atoms with Crippen LogP contribution in [-0.4, -0.2) is 90.3 Å². The zero-order chi connectivity index (χ0) is 30.2. The summed E-state index contributed by atoms with van der Waals surface area (Å²) < 4.78 is 82.4. The van der Waals surface area contributed by atoms with Crippen LogP contribution in [-0.2, 0) is 23.6 Å². The highest BCUT2D eigenvalue weighted by molar-refractivity contribution is 6.05. The first-order valence-electron chi connectivity index (χ1n) is 12.9. The number of ketones is 1. The van der Waals surface area contributed by atoms with Crippen LogP contribution in [0.1, 0.15) is 27.0 Å². The van der Waals surface area contributed by atoms with Gasteiger partial charge >= 0.3 is 12.4 Å². The van der Waals surface area contributed by atoms with Crippen molar-refractivity contribution in [2.24, 2.45) is 5.73 Å². The van der Waals surface area contributed by atoms with Gasteiger partial charge in [0.2, 0.25) is 5.91 Å². The lowest BCUT2D eigenvalue weighted by Crippen LogP contribution is -2.68. The molecule has 0 bridgehead atoms. The second kappa shape index (κ2) is 11.5. The average Bonchev–Trinajstić information content (AvgIpc) is 3.29. The van der Waals surface area contributed by atoms with Crippen molar-refractivity contribution in [2.45, 2.75) is 24.3 Å². The van der Waals surface area contributed by atoms with E-state index in [0.29, 0.717) is 37.3 Å². The van der Waals surface area contributed by atoms with Crippen molar-refractivity contribution >= 4 is 22.6 Å². The quantitative estimate of drug-likeness (QED) is 0.294. The molecule has 2 aromatic carbocycles. The highest BCUT2D eigenvalue weighted by atomic mass is 19.4. The molecular weight excluding hydrogens is 552 g/mol. The number of likely N-dealkylation sites (N-methyl/N-ethyl adjacent to an activating group) is 1. The molecule has 222 valence electrons. The molecule has 3 aromatic rings. The van der Waals surface area contributed by atoms with Crippen molar-refractivity contribution in [2.75, 3.05) is 53.4 Å². The minimum atomic E-state index is -5.13. The topological polar surface area (TPSA) is 85.7 Å². The lowest BCUT2D eigenvalue weighted by Gasteiger charge is -2.50. The maximum Gasteiger partial charge on any atom is 0.416 e. The van der Waals surface area contributed by atoms with Crippen LogP contribution in [0.5, 0.6) is 0 Å². The Kier molecular flexibility index (Phi) is 8.53. The molecule has 2 heterocycles. The van der Waals surface area contributed by atoms with Crippen molar-refractivity contribution < 1.29 is 35.9 Å². The van der Waals surface area contributed by atoms with E-state index in [2.05, 4.69) is 4.98 Å². The molecule has 0 aliphatic carbocycles. The van der Waals surface area contributed by atoms with Gasteiger partial charge in [-0.2, -0.15) is 26.3 Å². The first-order valence-corrected chi connectivity index (χ1v) is 12.9. The number of carbonyl (C=O) groups excluding carboxylic acids is 2. The summed E-state index contributed by atoms with van der Waals surface area (Å²) in [5, 5.41) is 0.740. The number of alkyl halides is 6. The van der Waals surface area contributed by atoms with E-state index in [1.807, 2.05) is 23.9 Å². The third-order valence-electron chi connectivity index (χ3n) is 7.42. The number of primary amides is 1. The van der Waals surface area contributed by atoms with E-state index in [9.17, 15) is 35.9 Å². The molecule has 0 saturated carbocycles. The van der Waals surface area contributed by atoms with E-state index in [0.717, 1.165) is 10.9 Å². The molecule has 4 rings (SSSR count). The third-order valence-corrected chi connectivity index (χ3v) is 7.42. The molecule has 1 atom stereocenters. The lowest BCUT2D eigenvalue weighted by atomic mass is 9.79. The Bertz CT molecular complexity index is 1380. The molecule has 3 N–H and O–H groups in total. The number of Topliss-reactive ketones (excluding diaryl/α,β-unsaturated/α-hetero) is 1. The Morgan fingerprint density at radius 1 is 1.00 bits per heavy atom. The molecule has 1 saturated heterocycles. The number of aromatic amines is 1. The molecule has 7 nitrogen and oxygen atoms in total. The molecule has 1 fully saturated rings. The Balaban J connectivity index is 1.92. The Hall–Kier alpha value is -3.42. The molecule has 1 aliphatic rings. The number of nitrogens with zero attached hydrogens (tertiary/aromatic N) is 3. The van der Waals surface area contributed by atoms with Gasteiger partial charge in [-0.1, -0.05) is 18.2 Å². The second-order valence-electron chi connectivity index (χ2n) is 10.7. The number of aromatic nitrogens is 1. The summed E-state index contributed by atoms with van der Waals surface area (Å²) in [6.45, 7) is 1.20. The van der Waals surface area contributed by atoms with Gasteiger partial charge in [0.05, 0.1) is 17.7 Å². The molecule has 1 aliphatic heterocycles. The number of nitrogens with one attached hydrogen (secondary N) is 1. The summed E-state index contributed by atoms with van der Waals surface area (Å²) in [7, 11) is 3.71. The number of para-hydroxylation sites is 1. The van der Waals surface area contributed by atoms with Gasteiger partial charge in [0, 0.05) is 61.8 Å². The number of benzene rings is 2. The first-order chi connectivity index (χ1) is 19.1.